The number of carbonyl (C=O) groups excluding carboxylic acids is 1. The highest BCUT2D eigenvalue weighted by Crippen LogP contribution is 2.30. The molecule has 0 spiro atoms. The molecule has 20 heavy (non-hydrogen) atoms. The van der Waals surface area contributed by atoms with Crippen molar-refractivity contribution in [1.82, 2.24) is 10.2 Å². The van der Waals surface area contributed by atoms with E-state index in [-0.39, 0.29) is 5.82 Å². The normalized spacial score (nSPS) is 10.4. The summed E-state index contributed by atoms with van der Waals surface area (Å²) in [6.45, 7) is 0. The van der Waals surface area contributed by atoms with E-state index in [0.717, 1.165) is 16.9 Å². The molecule has 1 aromatic heterocycles. The van der Waals surface area contributed by atoms with Crippen molar-refractivity contribution in [2.75, 3.05) is 0 Å². The van der Waals surface area contributed by atoms with E-state index in [0.29, 0.717) is 16.1 Å². The minimum atomic E-state index is -0.297. The van der Waals surface area contributed by atoms with Gasteiger partial charge in [0.25, 0.3) is 0 Å². The van der Waals surface area contributed by atoms with Gasteiger partial charge in [0.15, 0.2) is 0 Å². The number of hydrogen-bond acceptors (Lipinski definition) is 4. The van der Waals surface area contributed by atoms with Gasteiger partial charge in [0.05, 0.1) is 0 Å². The zero-order chi connectivity index (χ0) is 13.9. The second kappa shape index (κ2) is 5.30. The molecule has 0 N–H and O–H groups in total. The Balaban J connectivity index is 1.95. The van der Waals surface area contributed by atoms with Gasteiger partial charge < -0.3 is 0 Å². The van der Waals surface area contributed by atoms with Gasteiger partial charge in [-0.1, -0.05) is 47.7 Å². The van der Waals surface area contributed by atoms with Crippen molar-refractivity contribution >= 4 is 17.6 Å². The molecule has 0 aliphatic carbocycles. The van der Waals surface area contributed by atoms with E-state index in [1.807, 2.05) is 12.1 Å². The van der Waals surface area contributed by atoms with Crippen LogP contribution in [0.1, 0.15) is 10.4 Å². The Bertz CT molecular complexity index is 753. The SMILES string of the molecule is O=Cc1ccc(-c2nnc(-c3cccc(F)c3)s2)cc1. The van der Waals surface area contributed by atoms with Gasteiger partial charge in [-0.3, -0.25) is 4.79 Å². The Morgan fingerprint density at radius 3 is 2.30 bits per heavy atom. The molecular weight excluding hydrogens is 275 g/mol. The predicted octanol–water partition coefficient (Wildman–Crippen LogP) is 3.82. The first-order valence-electron chi connectivity index (χ1n) is 5.91. The smallest absolute Gasteiger partial charge is 0.150 e. The molecule has 0 radical (unpaired) electrons. The molecule has 0 saturated carbocycles. The van der Waals surface area contributed by atoms with Crippen LogP contribution in [-0.4, -0.2) is 16.5 Å². The van der Waals surface area contributed by atoms with E-state index >= 15 is 0 Å². The first-order valence-corrected chi connectivity index (χ1v) is 6.73. The highest BCUT2D eigenvalue weighted by Gasteiger charge is 2.09. The topological polar surface area (TPSA) is 42.9 Å². The molecule has 1 heterocycles. The van der Waals surface area contributed by atoms with Gasteiger partial charge in [-0.25, -0.2) is 4.39 Å². The van der Waals surface area contributed by atoms with Gasteiger partial charge in [-0.15, -0.1) is 10.2 Å². The van der Waals surface area contributed by atoms with Crippen LogP contribution in [0.25, 0.3) is 21.1 Å². The fourth-order valence-electron chi connectivity index (χ4n) is 1.78. The summed E-state index contributed by atoms with van der Waals surface area (Å²) in [7, 11) is 0. The van der Waals surface area contributed by atoms with E-state index in [1.54, 1.807) is 24.3 Å². The van der Waals surface area contributed by atoms with Crippen molar-refractivity contribution < 1.29 is 9.18 Å². The van der Waals surface area contributed by atoms with Crippen LogP contribution in [0.3, 0.4) is 0 Å². The second-order valence-corrected chi connectivity index (χ2v) is 5.14. The van der Waals surface area contributed by atoms with Crippen LogP contribution < -0.4 is 0 Å². The van der Waals surface area contributed by atoms with Crippen molar-refractivity contribution in [2.45, 2.75) is 0 Å². The van der Waals surface area contributed by atoms with Crippen LogP contribution in [0.4, 0.5) is 4.39 Å². The molecule has 0 aliphatic heterocycles. The lowest BCUT2D eigenvalue weighted by molar-refractivity contribution is 0.112. The molecule has 0 atom stereocenters. The number of nitrogens with zero attached hydrogens (tertiary/aromatic N) is 2. The van der Waals surface area contributed by atoms with Crippen LogP contribution in [0, 0.1) is 5.82 Å². The van der Waals surface area contributed by atoms with E-state index in [4.69, 9.17) is 0 Å². The Labute approximate surface area is 118 Å². The van der Waals surface area contributed by atoms with Crippen molar-refractivity contribution in [3.05, 3.63) is 59.9 Å². The van der Waals surface area contributed by atoms with E-state index in [2.05, 4.69) is 10.2 Å². The summed E-state index contributed by atoms with van der Waals surface area (Å²) in [6, 6.07) is 13.4. The fraction of sp³-hybridized carbons (Fsp3) is 0. The maximum absolute atomic E-state index is 13.2. The minimum absolute atomic E-state index is 0.297. The summed E-state index contributed by atoms with van der Waals surface area (Å²) < 4.78 is 13.2. The lowest BCUT2D eigenvalue weighted by Crippen LogP contribution is -1.80. The number of benzene rings is 2. The average Bonchev–Trinajstić information content (AvgIpc) is 2.97. The maximum atomic E-state index is 13.2. The zero-order valence-electron chi connectivity index (χ0n) is 10.3. The predicted molar refractivity (Wildman–Crippen MR) is 76.1 cm³/mol. The number of aromatic nitrogens is 2. The Morgan fingerprint density at radius 2 is 1.65 bits per heavy atom. The Hall–Kier alpha value is -2.40. The van der Waals surface area contributed by atoms with Gasteiger partial charge in [0.1, 0.15) is 22.1 Å². The molecule has 0 aliphatic rings. The number of halogens is 1. The van der Waals surface area contributed by atoms with Crippen LogP contribution >= 0.6 is 11.3 Å². The number of rotatable bonds is 3. The highest BCUT2D eigenvalue weighted by molar-refractivity contribution is 7.17. The molecule has 2 aromatic carbocycles. The quantitative estimate of drug-likeness (QED) is 0.687. The van der Waals surface area contributed by atoms with Crippen LogP contribution in [-0.2, 0) is 0 Å². The largest absolute Gasteiger partial charge is 0.298 e. The van der Waals surface area contributed by atoms with Gasteiger partial charge >= 0.3 is 0 Å². The van der Waals surface area contributed by atoms with E-state index < -0.39 is 0 Å². The number of hydrogen-bond donors (Lipinski definition) is 0. The lowest BCUT2D eigenvalue weighted by atomic mass is 10.2. The van der Waals surface area contributed by atoms with Crippen molar-refractivity contribution in [1.29, 1.82) is 0 Å². The Morgan fingerprint density at radius 1 is 0.950 bits per heavy atom. The van der Waals surface area contributed by atoms with E-state index in [1.165, 1.54) is 23.5 Å². The van der Waals surface area contributed by atoms with Crippen LogP contribution in [0.2, 0.25) is 0 Å². The third-order valence-corrected chi connectivity index (χ3v) is 3.81. The summed E-state index contributed by atoms with van der Waals surface area (Å²) in [6.07, 6.45) is 0.794. The van der Waals surface area contributed by atoms with Crippen molar-refractivity contribution in [2.24, 2.45) is 0 Å². The van der Waals surface area contributed by atoms with E-state index in [9.17, 15) is 9.18 Å². The molecule has 3 nitrogen and oxygen atoms in total. The molecule has 0 fully saturated rings. The summed E-state index contributed by atoms with van der Waals surface area (Å²) in [4.78, 5) is 10.6. The third kappa shape index (κ3) is 2.48. The second-order valence-electron chi connectivity index (χ2n) is 4.16. The molecule has 3 rings (SSSR count). The van der Waals surface area contributed by atoms with Gasteiger partial charge in [0.2, 0.25) is 0 Å². The standard InChI is InChI=1S/C15H9FN2OS/c16-13-3-1-2-12(8-13)15-18-17-14(20-15)11-6-4-10(9-19)5-7-11/h1-9H. The molecule has 5 heteroatoms. The molecule has 0 amide bonds. The van der Waals surface area contributed by atoms with Gasteiger partial charge in [0, 0.05) is 16.7 Å². The van der Waals surface area contributed by atoms with Crippen molar-refractivity contribution in [3.8, 4) is 21.1 Å². The van der Waals surface area contributed by atoms with Crippen LogP contribution in [0.5, 0.6) is 0 Å². The number of aldehydes is 1. The summed E-state index contributed by atoms with van der Waals surface area (Å²) in [5, 5.41) is 9.59. The zero-order valence-corrected chi connectivity index (χ0v) is 11.1. The molecule has 0 unspecified atom stereocenters. The number of carbonyl (C=O) groups is 1. The first-order chi connectivity index (χ1) is 9.76. The molecular formula is C15H9FN2OS. The fourth-order valence-corrected chi connectivity index (χ4v) is 2.63. The Kier molecular flexibility index (Phi) is 3.35. The summed E-state index contributed by atoms with van der Waals surface area (Å²) in [5.41, 5.74) is 2.21. The summed E-state index contributed by atoms with van der Waals surface area (Å²) in [5.74, 6) is -0.297. The van der Waals surface area contributed by atoms with Crippen molar-refractivity contribution in [3.63, 3.8) is 0 Å². The molecule has 0 saturated heterocycles. The van der Waals surface area contributed by atoms with Gasteiger partial charge in [-0.2, -0.15) is 0 Å². The first kappa shape index (κ1) is 12.6. The average molecular weight is 284 g/mol. The monoisotopic (exact) mass is 284 g/mol. The summed E-state index contributed by atoms with van der Waals surface area (Å²) >= 11 is 1.38. The third-order valence-electron chi connectivity index (χ3n) is 2.79. The molecule has 98 valence electrons. The molecule has 0 bridgehead atoms. The highest BCUT2D eigenvalue weighted by atomic mass is 32.1. The maximum Gasteiger partial charge on any atom is 0.150 e. The molecule has 3 aromatic rings. The van der Waals surface area contributed by atoms with Gasteiger partial charge in [-0.05, 0) is 12.1 Å². The lowest BCUT2D eigenvalue weighted by Gasteiger charge is -1.95. The van der Waals surface area contributed by atoms with Crippen LogP contribution in [0.15, 0.2) is 48.5 Å². The minimum Gasteiger partial charge on any atom is -0.298 e.